The molecule has 1 heterocycles. The van der Waals surface area contributed by atoms with Gasteiger partial charge in [-0.3, -0.25) is 0 Å². The van der Waals surface area contributed by atoms with E-state index in [-0.39, 0.29) is 0 Å². The van der Waals surface area contributed by atoms with Crippen molar-refractivity contribution in [3.05, 3.63) is 36.3 Å². The molecule has 0 fully saturated rings. The maximum Gasteiger partial charge on any atom is 0.111 e. The van der Waals surface area contributed by atoms with Crippen LogP contribution in [0.1, 0.15) is 31.7 Å². The molecule has 1 aliphatic rings. The molecule has 0 saturated carbocycles. The summed E-state index contributed by atoms with van der Waals surface area (Å²) in [6, 6.07) is 1.83. The molecule has 0 radical (unpaired) electrons. The van der Waals surface area contributed by atoms with Crippen LogP contribution in [0.3, 0.4) is 0 Å². The Kier molecular flexibility index (Phi) is 2.46. The molecule has 0 amide bonds. The van der Waals surface area contributed by atoms with Crippen LogP contribution in [-0.4, -0.2) is 5.11 Å². The second-order valence-electron chi connectivity index (χ2n) is 4.00. The summed E-state index contributed by atoms with van der Waals surface area (Å²) in [5.74, 6) is 0.627. The van der Waals surface area contributed by atoms with Crippen LogP contribution >= 0.6 is 0 Å². The topological polar surface area (TPSA) is 33.4 Å². The van der Waals surface area contributed by atoms with E-state index in [9.17, 15) is 5.11 Å². The lowest BCUT2D eigenvalue weighted by Gasteiger charge is -2.29. The lowest BCUT2D eigenvalue weighted by Crippen LogP contribution is -2.26. The Hall–Kier alpha value is -1.02. The molecule has 76 valence electrons. The highest BCUT2D eigenvalue weighted by Crippen LogP contribution is 2.35. The Morgan fingerprint density at radius 2 is 2.50 bits per heavy atom. The summed E-state index contributed by atoms with van der Waals surface area (Å²) in [7, 11) is 0. The fourth-order valence-corrected chi connectivity index (χ4v) is 1.97. The van der Waals surface area contributed by atoms with Gasteiger partial charge < -0.3 is 9.52 Å². The van der Waals surface area contributed by atoms with E-state index in [1.165, 1.54) is 0 Å². The molecular weight excluding hydrogens is 176 g/mol. The molecular formula is C12H16O2. The third kappa shape index (κ3) is 1.62. The van der Waals surface area contributed by atoms with E-state index in [2.05, 4.69) is 13.0 Å². The fraction of sp³-hybridized carbons (Fsp3) is 0.500. The Morgan fingerprint density at radius 1 is 1.64 bits per heavy atom. The minimum absolute atomic E-state index is 0.627. The van der Waals surface area contributed by atoms with Crippen molar-refractivity contribution in [2.24, 2.45) is 5.92 Å². The Balaban J connectivity index is 2.20. The minimum Gasteiger partial charge on any atom is -0.472 e. The predicted octanol–water partition coefficient (Wildman–Crippen LogP) is 2.84. The summed E-state index contributed by atoms with van der Waals surface area (Å²) in [5.41, 5.74) is 0.0712. The zero-order valence-electron chi connectivity index (χ0n) is 8.44. The molecule has 0 spiro atoms. The van der Waals surface area contributed by atoms with Crippen molar-refractivity contribution >= 4 is 0 Å². The van der Waals surface area contributed by atoms with E-state index in [1.807, 2.05) is 12.1 Å². The van der Waals surface area contributed by atoms with Gasteiger partial charge in [0.1, 0.15) is 5.60 Å². The number of rotatable bonds is 2. The van der Waals surface area contributed by atoms with Crippen LogP contribution in [0.2, 0.25) is 0 Å². The van der Waals surface area contributed by atoms with Gasteiger partial charge in [0, 0.05) is 5.56 Å². The molecule has 0 bridgehead atoms. The molecule has 0 aromatic carbocycles. The molecule has 2 heteroatoms. The second kappa shape index (κ2) is 3.62. The first-order chi connectivity index (χ1) is 6.74. The maximum absolute atomic E-state index is 10.3. The first-order valence-corrected chi connectivity index (χ1v) is 5.19. The standard InChI is InChI=1S/C12H16O2/c1-2-10-3-6-12(13,7-4-10)11-5-8-14-9-11/h3,5-6,8-10,13H,2,4,7H2,1H3. The van der Waals surface area contributed by atoms with E-state index in [0.717, 1.165) is 24.8 Å². The molecule has 0 saturated heterocycles. The SMILES string of the molecule is CCC1C=CC(O)(c2ccoc2)CC1. The van der Waals surface area contributed by atoms with Crippen LogP contribution in [0.25, 0.3) is 0 Å². The van der Waals surface area contributed by atoms with Crippen molar-refractivity contribution < 1.29 is 9.52 Å². The number of hydrogen-bond acceptors (Lipinski definition) is 2. The van der Waals surface area contributed by atoms with Crippen molar-refractivity contribution in [2.45, 2.75) is 31.8 Å². The monoisotopic (exact) mass is 192 g/mol. The molecule has 1 aliphatic carbocycles. The predicted molar refractivity (Wildman–Crippen MR) is 54.8 cm³/mol. The Morgan fingerprint density at radius 3 is 3.00 bits per heavy atom. The second-order valence-corrected chi connectivity index (χ2v) is 4.00. The summed E-state index contributed by atoms with van der Waals surface area (Å²) in [6.07, 6.45) is 10.3. The number of hydrogen-bond donors (Lipinski definition) is 1. The first-order valence-electron chi connectivity index (χ1n) is 5.19. The molecule has 2 rings (SSSR count). The highest BCUT2D eigenvalue weighted by Gasteiger charge is 2.30. The lowest BCUT2D eigenvalue weighted by molar-refractivity contribution is 0.0654. The zero-order valence-corrected chi connectivity index (χ0v) is 8.44. The number of furan rings is 1. The number of allylic oxidation sites excluding steroid dienone is 1. The van der Waals surface area contributed by atoms with E-state index < -0.39 is 5.60 Å². The fourth-order valence-electron chi connectivity index (χ4n) is 1.97. The van der Waals surface area contributed by atoms with Crippen LogP contribution in [0.4, 0.5) is 0 Å². The maximum atomic E-state index is 10.3. The van der Waals surface area contributed by atoms with Gasteiger partial charge in [0.05, 0.1) is 12.5 Å². The summed E-state index contributed by atoms with van der Waals surface area (Å²) in [5, 5.41) is 10.3. The van der Waals surface area contributed by atoms with Crippen LogP contribution in [-0.2, 0) is 5.60 Å². The molecule has 2 atom stereocenters. The molecule has 1 aromatic heterocycles. The average Bonchev–Trinajstić information content (AvgIpc) is 2.72. The van der Waals surface area contributed by atoms with E-state index in [0.29, 0.717) is 5.92 Å². The van der Waals surface area contributed by atoms with Gasteiger partial charge in [-0.25, -0.2) is 0 Å². The summed E-state index contributed by atoms with van der Waals surface area (Å²) in [6.45, 7) is 2.18. The molecule has 14 heavy (non-hydrogen) atoms. The van der Waals surface area contributed by atoms with Crippen LogP contribution in [0, 0.1) is 5.92 Å². The van der Waals surface area contributed by atoms with Crippen molar-refractivity contribution in [2.75, 3.05) is 0 Å². The Bertz CT molecular complexity index is 313. The van der Waals surface area contributed by atoms with Gasteiger partial charge in [0.15, 0.2) is 0 Å². The quantitative estimate of drug-likeness (QED) is 0.731. The van der Waals surface area contributed by atoms with Gasteiger partial charge >= 0.3 is 0 Å². The van der Waals surface area contributed by atoms with Crippen LogP contribution < -0.4 is 0 Å². The average molecular weight is 192 g/mol. The summed E-state index contributed by atoms with van der Waals surface area (Å²) >= 11 is 0. The third-order valence-corrected chi connectivity index (χ3v) is 3.09. The first kappa shape index (κ1) is 9.53. The van der Waals surface area contributed by atoms with Gasteiger partial charge in [-0.15, -0.1) is 0 Å². The lowest BCUT2D eigenvalue weighted by atomic mass is 9.81. The van der Waals surface area contributed by atoms with Crippen LogP contribution in [0.5, 0.6) is 0 Å². The minimum atomic E-state index is -0.793. The van der Waals surface area contributed by atoms with Gasteiger partial charge in [-0.2, -0.15) is 0 Å². The van der Waals surface area contributed by atoms with Gasteiger partial charge in [0.2, 0.25) is 0 Å². The summed E-state index contributed by atoms with van der Waals surface area (Å²) in [4.78, 5) is 0. The van der Waals surface area contributed by atoms with Crippen LogP contribution in [0.15, 0.2) is 35.2 Å². The molecule has 1 aromatic rings. The van der Waals surface area contributed by atoms with Gasteiger partial charge in [-0.05, 0) is 31.2 Å². The summed E-state index contributed by atoms with van der Waals surface area (Å²) < 4.78 is 4.99. The number of aliphatic hydroxyl groups is 1. The van der Waals surface area contributed by atoms with Gasteiger partial charge in [-0.1, -0.05) is 19.1 Å². The van der Waals surface area contributed by atoms with Gasteiger partial charge in [0.25, 0.3) is 0 Å². The smallest absolute Gasteiger partial charge is 0.111 e. The highest BCUT2D eigenvalue weighted by atomic mass is 16.3. The largest absolute Gasteiger partial charge is 0.472 e. The highest BCUT2D eigenvalue weighted by molar-refractivity contribution is 5.25. The van der Waals surface area contributed by atoms with Crippen molar-refractivity contribution in [3.8, 4) is 0 Å². The molecule has 0 aliphatic heterocycles. The third-order valence-electron chi connectivity index (χ3n) is 3.09. The molecule has 2 unspecified atom stereocenters. The molecule has 2 nitrogen and oxygen atoms in total. The molecule has 1 N–H and O–H groups in total. The Labute approximate surface area is 84.2 Å². The van der Waals surface area contributed by atoms with E-state index >= 15 is 0 Å². The van der Waals surface area contributed by atoms with Crippen molar-refractivity contribution in [3.63, 3.8) is 0 Å². The zero-order chi connectivity index (χ0) is 10.0. The van der Waals surface area contributed by atoms with E-state index in [1.54, 1.807) is 12.5 Å². The van der Waals surface area contributed by atoms with Crippen molar-refractivity contribution in [1.82, 2.24) is 0 Å². The van der Waals surface area contributed by atoms with E-state index in [4.69, 9.17) is 4.42 Å². The van der Waals surface area contributed by atoms with Crippen molar-refractivity contribution in [1.29, 1.82) is 0 Å². The normalized spacial score (nSPS) is 32.0.